The number of carboxylic acids is 1. The van der Waals surface area contributed by atoms with E-state index >= 15 is 0 Å². The van der Waals surface area contributed by atoms with Crippen LogP contribution in [0.15, 0.2) is 12.7 Å². The molecule has 20 heavy (non-hydrogen) atoms. The molecular weight excluding hydrogens is 262 g/mol. The van der Waals surface area contributed by atoms with Crippen LogP contribution >= 0.6 is 0 Å². The molecule has 0 aliphatic rings. The number of hydrogen-bond donors (Lipinski definition) is 2. The van der Waals surface area contributed by atoms with Gasteiger partial charge in [-0.15, -0.1) is 6.58 Å². The van der Waals surface area contributed by atoms with E-state index in [4.69, 9.17) is 14.6 Å². The lowest BCUT2D eigenvalue weighted by Gasteiger charge is -2.20. The normalized spacial score (nSPS) is 12.6. The van der Waals surface area contributed by atoms with Gasteiger partial charge in [-0.1, -0.05) is 6.08 Å². The van der Waals surface area contributed by atoms with Gasteiger partial charge in [0.15, 0.2) is 0 Å². The Morgan fingerprint density at radius 2 is 2.05 bits per heavy atom. The number of carboxylic acid groups (broad SMARTS) is 1. The van der Waals surface area contributed by atoms with Gasteiger partial charge in [0.1, 0.15) is 5.60 Å². The smallest absolute Gasteiger partial charge is 0.407 e. The van der Waals surface area contributed by atoms with Crippen LogP contribution in [-0.4, -0.2) is 42.5 Å². The van der Waals surface area contributed by atoms with Gasteiger partial charge in [-0.2, -0.15) is 0 Å². The van der Waals surface area contributed by atoms with E-state index in [0.29, 0.717) is 26.2 Å². The molecule has 2 N–H and O–H groups in total. The summed E-state index contributed by atoms with van der Waals surface area (Å²) in [5.41, 5.74) is -0.544. The molecule has 6 nitrogen and oxygen atoms in total. The summed E-state index contributed by atoms with van der Waals surface area (Å²) in [5, 5.41) is 11.4. The summed E-state index contributed by atoms with van der Waals surface area (Å²) in [7, 11) is 0. The average molecular weight is 287 g/mol. The van der Waals surface area contributed by atoms with Crippen molar-refractivity contribution in [3.63, 3.8) is 0 Å². The third-order valence-corrected chi connectivity index (χ3v) is 2.27. The van der Waals surface area contributed by atoms with Gasteiger partial charge in [0, 0.05) is 6.54 Å². The van der Waals surface area contributed by atoms with Crippen LogP contribution in [0.1, 0.15) is 33.6 Å². The molecular formula is C14H25NO5. The first-order valence-electron chi connectivity index (χ1n) is 6.62. The van der Waals surface area contributed by atoms with Crippen LogP contribution in [0.5, 0.6) is 0 Å². The van der Waals surface area contributed by atoms with Gasteiger partial charge in [-0.05, 0) is 33.1 Å². The van der Waals surface area contributed by atoms with E-state index in [2.05, 4.69) is 11.9 Å². The van der Waals surface area contributed by atoms with Crippen molar-refractivity contribution in [3.05, 3.63) is 12.7 Å². The van der Waals surface area contributed by atoms with Crippen molar-refractivity contribution in [1.82, 2.24) is 5.32 Å². The minimum Gasteiger partial charge on any atom is -0.481 e. The lowest BCUT2D eigenvalue weighted by molar-refractivity contribution is -0.138. The molecule has 1 atom stereocenters. The largest absolute Gasteiger partial charge is 0.481 e. The second-order valence-electron chi connectivity index (χ2n) is 5.51. The third kappa shape index (κ3) is 11.5. The maximum Gasteiger partial charge on any atom is 0.407 e. The Hall–Kier alpha value is -1.56. The molecule has 0 aromatic rings. The monoisotopic (exact) mass is 287 g/mol. The van der Waals surface area contributed by atoms with E-state index in [9.17, 15) is 9.59 Å². The first-order valence-corrected chi connectivity index (χ1v) is 6.62. The van der Waals surface area contributed by atoms with Gasteiger partial charge in [0.2, 0.25) is 0 Å². The van der Waals surface area contributed by atoms with E-state index in [0.717, 1.165) is 0 Å². The Balaban J connectivity index is 4.02. The van der Waals surface area contributed by atoms with Crippen molar-refractivity contribution in [1.29, 1.82) is 0 Å². The van der Waals surface area contributed by atoms with Crippen LogP contribution in [0.4, 0.5) is 4.79 Å². The zero-order valence-corrected chi connectivity index (χ0v) is 12.5. The molecule has 0 heterocycles. The van der Waals surface area contributed by atoms with Crippen LogP contribution in [0.2, 0.25) is 0 Å². The van der Waals surface area contributed by atoms with E-state index in [1.54, 1.807) is 26.8 Å². The highest BCUT2D eigenvalue weighted by Gasteiger charge is 2.17. The van der Waals surface area contributed by atoms with Crippen LogP contribution in [-0.2, 0) is 14.3 Å². The Labute approximate surface area is 120 Å². The van der Waals surface area contributed by atoms with Crippen molar-refractivity contribution >= 4 is 12.1 Å². The van der Waals surface area contributed by atoms with Gasteiger partial charge in [0.25, 0.3) is 0 Å². The Bertz CT molecular complexity index is 322. The fourth-order valence-corrected chi connectivity index (χ4v) is 1.50. The average Bonchev–Trinajstić information content (AvgIpc) is 2.25. The fraction of sp³-hybridized carbons (Fsp3) is 0.714. The summed E-state index contributed by atoms with van der Waals surface area (Å²) in [6.07, 6.45) is 1.63. The zero-order chi connectivity index (χ0) is 15.6. The number of amides is 1. The third-order valence-electron chi connectivity index (χ3n) is 2.27. The zero-order valence-electron chi connectivity index (χ0n) is 12.5. The van der Waals surface area contributed by atoms with E-state index in [1.165, 1.54) is 0 Å². The molecule has 0 saturated heterocycles. The number of nitrogens with one attached hydrogen (secondary N) is 1. The number of rotatable bonds is 9. The molecule has 0 aliphatic heterocycles. The summed E-state index contributed by atoms with van der Waals surface area (Å²) < 4.78 is 10.3. The van der Waals surface area contributed by atoms with Crippen LogP contribution in [0.3, 0.4) is 0 Å². The number of alkyl carbamates (subject to hydrolysis) is 1. The molecule has 0 aromatic heterocycles. The van der Waals surface area contributed by atoms with Crippen molar-refractivity contribution in [2.24, 2.45) is 5.92 Å². The molecule has 0 aromatic carbocycles. The topological polar surface area (TPSA) is 84.9 Å². The lowest BCUT2D eigenvalue weighted by atomic mass is 10.0. The molecule has 0 aliphatic carbocycles. The quantitative estimate of drug-likeness (QED) is 0.501. The number of carbonyl (C=O) groups excluding carboxylic acids is 1. The standard InChI is InChI=1S/C14H25NO5/c1-5-8-19-10-11(9-12(16)17)6-7-15-13(18)20-14(2,3)4/h5,11H,1,6-10H2,2-4H3,(H,15,18)(H,16,17). The van der Waals surface area contributed by atoms with Crippen molar-refractivity contribution in [2.75, 3.05) is 19.8 Å². The predicted octanol–water partition coefficient (Wildman–Crippen LogP) is 2.19. The van der Waals surface area contributed by atoms with Crippen molar-refractivity contribution in [2.45, 2.75) is 39.2 Å². The van der Waals surface area contributed by atoms with Crippen LogP contribution in [0.25, 0.3) is 0 Å². The van der Waals surface area contributed by atoms with Crippen molar-refractivity contribution < 1.29 is 24.2 Å². The summed E-state index contributed by atoms with van der Waals surface area (Å²) in [6, 6.07) is 0. The Morgan fingerprint density at radius 1 is 1.40 bits per heavy atom. The first kappa shape index (κ1) is 18.4. The lowest BCUT2D eigenvalue weighted by Crippen LogP contribution is -2.34. The van der Waals surface area contributed by atoms with Crippen LogP contribution < -0.4 is 5.32 Å². The molecule has 0 spiro atoms. The van der Waals surface area contributed by atoms with Gasteiger partial charge < -0.3 is 19.9 Å². The molecule has 0 rings (SSSR count). The minimum atomic E-state index is -0.880. The van der Waals surface area contributed by atoms with E-state index in [1.807, 2.05) is 0 Å². The van der Waals surface area contributed by atoms with Gasteiger partial charge in [0.05, 0.1) is 19.6 Å². The molecule has 0 radical (unpaired) electrons. The molecule has 1 amide bonds. The molecule has 6 heteroatoms. The summed E-state index contributed by atoms with van der Waals surface area (Å²) in [6.45, 7) is 9.93. The van der Waals surface area contributed by atoms with E-state index < -0.39 is 17.7 Å². The highest BCUT2D eigenvalue weighted by molar-refractivity contribution is 5.68. The highest BCUT2D eigenvalue weighted by atomic mass is 16.6. The fourth-order valence-electron chi connectivity index (χ4n) is 1.50. The Morgan fingerprint density at radius 3 is 2.55 bits per heavy atom. The SMILES string of the molecule is C=CCOCC(CCNC(=O)OC(C)(C)C)CC(=O)O. The first-order chi connectivity index (χ1) is 9.24. The second-order valence-corrected chi connectivity index (χ2v) is 5.51. The molecule has 1 unspecified atom stereocenters. The maximum absolute atomic E-state index is 11.4. The van der Waals surface area contributed by atoms with E-state index in [-0.39, 0.29) is 12.3 Å². The predicted molar refractivity (Wildman–Crippen MR) is 75.6 cm³/mol. The number of aliphatic carboxylic acids is 1. The highest BCUT2D eigenvalue weighted by Crippen LogP contribution is 2.10. The summed E-state index contributed by atoms with van der Waals surface area (Å²) in [5.74, 6) is -1.03. The molecule has 0 bridgehead atoms. The number of carbonyl (C=O) groups is 2. The molecule has 0 saturated carbocycles. The van der Waals surface area contributed by atoms with Crippen molar-refractivity contribution in [3.8, 4) is 0 Å². The molecule has 116 valence electrons. The van der Waals surface area contributed by atoms with Gasteiger partial charge in [-0.25, -0.2) is 4.79 Å². The van der Waals surface area contributed by atoms with Crippen LogP contribution in [0, 0.1) is 5.92 Å². The molecule has 0 fully saturated rings. The summed E-state index contributed by atoms with van der Waals surface area (Å²) >= 11 is 0. The maximum atomic E-state index is 11.4. The number of hydrogen-bond acceptors (Lipinski definition) is 4. The second kappa shape index (κ2) is 9.36. The summed E-state index contributed by atoms with van der Waals surface area (Å²) in [4.78, 5) is 22.2. The Kier molecular flexibility index (Phi) is 8.63. The van der Waals surface area contributed by atoms with Gasteiger partial charge in [-0.3, -0.25) is 4.79 Å². The number of ether oxygens (including phenoxy) is 2. The minimum absolute atomic E-state index is 0.00708. The van der Waals surface area contributed by atoms with Gasteiger partial charge >= 0.3 is 12.1 Å².